The number of anilines is 3. The Balaban J connectivity index is 1.33. The maximum atomic E-state index is 13.9. The number of carbonyl (C=O) groups excluding carboxylic acids is 1. The number of aromatic nitrogens is 2. The van der Waals surface area contributed by atoms with Crippen LogP contribution in [0.4, 0.5) is 21.6 Å². The van der Waals surface area contributed by atoms with E-state index in [0.29, 0.717) is 39.9 Å². The second kappa shape index (κ2) is 11.1. The van der Waals surface area contributed by atoms with Gasteiger partial charge in [-0.05, 0) is 67.1 Å². The molecule has 4 aromatic carbocycles. The summed E-state index contributed by atoms with van der Waals surface area (Å²) in [5.74, 6) is 1.93. The number of nitrogens with one attached hydrogen (secondary N) is 2. The van der Waals surface area contributed by atoms with Crippen molar-refractivity contribution >= 4 is 34.0 Å². The lowest BCUT2D eigenvalue weighted by Gasteiger charge is -2.14. The van der Waals surface area contributed by atoms with Crippen LogP contribution in [0.25, 0.3) is 10.9 Å². The minimum Gasteiger partial charge on any atom is -0.493 e. The zero-order chi connectivity index (χ0) is 27.4. The van der Waals surface area contributed by atoms with Crippen molar-refractivity contribution in [1.29, 1.82) is 0 Å². The molecule has 0 fully saturated rings. The number of hydrogen-bond donors (Lipinski definition) is 2. The Morgan fingerprint density at radius 2 is 1.64 bits per heavy atom. The number of halogens is 1. The highest BCUT2D eigenvalue weighted by atomic mass is 19.1. The van der Waals surface area contributed by atoms with Crippen molar-refractivity contribution in [3.63, 3.8) is 0 Å². The largest absolute Gasteiger partial charge is 0.493 e. The number of carbonyl (C=O) groups is 1. The van der Waals surface area contributed by atoms with Gasteiger partial charge in [0.25, 0.3) is 5.91 Å². The van der Waals surface area contributed by atoms with E-state index in [-0.39, 0.29) is 5.69 Å². The first-order chi connectivity index (χ1) is 18.9. The minimum absolute atomic E-state index is 0.113. The molecule has 5 aromatic rings. The smallest absolute Gasteiger partial charge is 0.255 e. The predicted octanol–water partition coefficient (Wildman–Crippen LogP) is 6.88. The first-order valence-corrected chi connectivity index (χ1v) is 12.0. The molecule has 8 nitrogen and oxygen atoms in total. The van der Waals surface area contributed by atoms with E-state index in [4.69, 9.17) is 14.2 Å². The standard InChI is InChI=1S/C30H25FN4O4/c1-18-13-20(34-29-22-15-27(37-2)28(38-3)16-25(22)32-17-33-29)11-12-26(18)39-21-8-6-7-19(14-21)30(36)35-24-10-5-4-9-23(24)31/h4-17H,1-3H3,(H,35,36)(H,32,33,34). The maximum Gasteiger partial charge on any atom is 0.255 e. The monoisotopic (exact) mass is 524 g/mol. The van der Waals surface area contributed by atoms with Crippen LogP contribution in [0.5, 0.6) is 23.0 Å². The number of ether oxygens (including phenoxy) is 3. The summed E-state index contributed by atoms with van der Waals surface area (Å²) in [6.45, 7) is 1.92. The van der Waals surface area contributed by atoms with Crippen molar-refractivity contribution in [2.75, 3.05) is 24.9 Å². The SMILES string of the molecule is COc1cc2ncnc(Nc3ccc(Oc4cccc(C(=O)Nc5ccccc5F)c4)c(C)c3)c2cc1OC. The van der Waals surface area contributed by atoms with Crippen molar-refractivity contribution in [2.24, 2.45) is 0 Å². The summed E-state index contributed by atoms with van der Waals surface area (Å²) in [4.78, 5) is 21.4. The van der Waals surface area contributed by atoms with E-state index in [0.717, 1.165) is 16.6 Å². The van der Waals surface area contributed by atoms with Crippen LogP contribution in [0, 0.1) is 12.7 Å². The number of fused-ring (bicyclic) bond motifs is 1. The first kappa shape index (κ1) is 25.5. The number of hydrogen-bond acceptors (Lipinski definition) is 7. The molecule has 2 N–H and O–H groups in total. The molecule has 39 heavy (non-hydrogen) atoms. The average molecular weight is 525 g/mol. The van der Waals surface area contributed by atoms with Gasteiger partial charge in [0.1, 0.15) is 29.5 Å². The van der Waals surface area contributed by atoms with Gasteiger partial charge >= 0.3 is 0 Å². The lowest BCUT2D eigenvalue weighted by Crippen LogP contribution is -2.12. The number of amides is 1. The molecule has 0 radical (unpaired) electrons. The van der Waals surface area contributed by atoms with E-state index < -0.39 is 11.7 Å². The summed E-state index contributed by atoms with van der Waals surface area (Å²) in [7, 11) is 3.15. The molecule has 0 spiro atoms. The molecular weight excluding hydrogens is 499 g/mol. The van der Waals surface area contributed by atoms with E-state index in [1.807, 2.05) is 31.2 Å². The number of aryl methyl sites for hydroxylation is 1. The van der Waals surface area contributed by atoms with Crippen molar-refractivity contribution in [2.45, 2.75) is 6.92 Å². The molecule has 0 unspecified atom stereocenters. The molecule has 0 atom stereocenters. The third kappa shape index (κ3) is 5.57. The zero-order valence-corrected chi connectivity index (χ0v) is 21.5. The molecule has 0 aliphatic heterocycles. The van der Waals surface area contributed by atoms with Crippen LogP contribution in [0.3, 0.4) is 0 Å². The van der Waals surface area contributed by atoms with Crippen molar-refractivity contribution in [3.8, 4) is 23.0 Å². The molecule has 0 aliphatic carbocycles. The van der Waals surface area contributed by atoms with Crippen LogP contribution in [0.2, 0.25) is 0 Å². The highest BCUT2D eigenvalue weighted by Crippen LogP contribution is 2.35. The molecule has 0 saturated heterocycles. The number of methoxy groups -OCH3 is 2. The Labute approximate surface area is 224 Å². The summed E-state index contributed by atoms with van der Waals surface area (Å²) >= 11 is 0. The average Bonchev–Trinajstić information content (AvgIpc) is 2.95. The number of para-hydroxylation sites is 1. The van der Waals surface area contributed by atoms with Crippen LogP contribution in [-0.2, 0) is 0 Å². The summed E-state index contributed by atoms with van der Waals surface area (Å²) < 4.78 is 30.8. The van der Waals surface area contributed by atoms with Crippen LogP contribution in [0.15, 0.2) is 85.2 Å². The van der Waals surface area contributed by atoms with E-state index in [1.54, 1.807) is 56.7 Å². The van der Waals surface area contributed by atoms with Crippen molar-refractivity contribution in [1.82, 2.24) is 9.97 Å². The maximum absolute atomic E-state index is 13.9. The van der Waals surface area contributed by atoms with Crippen molar-refractivity contribution in [3.05, 3.63) is 102 Å². The Morgan fingerprint density at radius 3 is 2.41 bits per heavy atom. The van der Waals surface area contributed by atoms with Gasteiger partial charge in [-0.15, -0.1) is 0 Å². The van der Waals surface area contributed by atoms with Gasteiger partial charge in [-0.3, -0.25) is 4.79 Å². The van der Waals surface area contributed by atoms with Gasteiger partial charge in [-0.2, -0.15) is 0 Å². The third-order valence-electron chi connectivity index (χ3n) is 6.02. The van der Waals surface area contributed by atoms with Gasteiger partial charge in [0, 0.05) is 22.7 Å². The Hall–Kier alpha value is -5.18. The summed E-state index contributed by atoms with van der Waals surface area (Å²) in [6.07, 6.45) is 1.48. The van der Waals surface area contributed by atoms with E-state index in [1.165, 1.54) is 18.5 Å². The third-order valence-corrected chi connectivity index (χ3v) is 6.02. The summed E-state index contributed by atoms with van der Waals surface area (Å²) in [5.41, 5.74) is 2.82. The number of nitrogens with zero attached hydrogens (tertiary/aromatic N) is 2. The Morgan fingerprint density at radius 1 is 0.846 bits per heavy atom. The fourth-order valence-corrected chi connectivity index (χ4v) is 4.05. The highest BCUT2D eigenvalue weighted by Gasteiger charge is 2.13. The fourth-order valence-electron chi connectivity index (χ4n) is 4.05. The molecule has 0 bridgehead atoms. The number of benzene rings is 4. The molecule has 196 valence electrons. The lowest BCUT2D eigenvalue weighted by atomic mass is 10.1. The predicted molar refractivity (Wildman–Crippen MR) is 148 cm³/mol. The van der Waals surface area contributed by atoms with E-state index >= 15 is 0 Å². The summed E-state index contributed by atoms with van der Waals surface area (Å²) in [5, 5.41) is 6.69. The first-order valence-electron chi connectivity index (χ1n) is 12.0. The van der Waals surface area contributed by atoms with Gasteiger partial charge in [0.05, 0.1) is 25.4 Å². The molecule has 5 rings (SSSR count). The van der Waals surface area contributed by atoms with E-state index in [9.17, 15) is 9.18 Å². The normalized spacial score (nSPS) is 10.7. The van der Waals surface area contributed by atoms with Crippen LogP contribution < -0.4 is 24.8 Å². The molecule has 0 saturated carbocycles. The fraction of sp³-hybridized carbons (Fsp3) is 0.100. The second-order valence-electron chi connectivity index (χ2n) is 8.62. The van der Waals surface area contributed by atoms with Gasteiger partial charge in [-0.1, -0.05) is 18.2 Å². The molecular formula is C30H25FN4O4. The topological polar surface area (TPSA) is 94.6 Å². The van der Waals surface area contributed by atoms with Gasteiger partial charge in [0.2, 0.25) is 0 Å². The lowest BCUT2D eigenvalue weighted by molar-refractivity contribution is 0.102. The molecule has 1 aromatic heterocycles. The van der Waals surface area contributed by atoms with Crippen molar-refractivity contribution < 1.29 is 23.4 Å². The van der Waals surface area contributed by atoms with E-state index in [2.05, 4.69) is 20.6 Å². The van der Waals surface area contributed by atoms with Crippen LogP contribution in [-0.4, -0.2) is 30.1 Å². The summed E-state index contributed by atoms with van der Waals surface area (Å²) in [6, 6.07) is 22.0. The molecule has 1 heterocycles. The second-order valence-corrected chi connectivity index (χ2v) is 8.62. The minimum atomic E-state index is -0.503. The number of rotatable bonds is 8. The Bertz CT molecular complexity index is 1680. The van der Waals surface area contributed by atoms with Gasteiger partial charge in [0.15, 0.2) is 11.5 Å². The molecule has 9 heteroatoms. The zero-order valence-electron chi connectivity index (χ0n) is 21.5. The van der Waals surface area contributed by atoms with Crippen LogP contribution in [0.1, 0.15) is 15.9 Å². The van der Waals surface area contributed by atoms with Gasteiger partial charge < -0.3 is 24.8 Å². The molecule has 0 aliphatic rings. The highest BCUT2D eigenvalue weighted by molar-refractivity contribution is 6.04. The quantitative estimate of drug-likeness (QED) is 0.228. The van der Waals surface area contributed by atoms with Crippen LogP contribution >= 0.6 is 0 Å². The molecule has 1 amide bonds. The van der Waals surface area contributed by atoms with Gasteiger partial charge in [-0.25, -0.2) is 14.4 Å². The Kier molecular flexibility index (Phi) is 7.22.